The molecule has 21 heavy (non-hydrogen) atoms. The maximum absolute atomic E-state index is 13.8. The molecule has 0 aromatic carbocycles. The standard InChI is InChI=1S/C15H20FN3O2/c16-12-5-3-7-17-13(12)19-10-4-6-15(21,11-19)14(20)18-8-1-2-9-18/h3,5,7,21H,1-2,4,6,8-11H2/t15-/m0/s1. The first kappa shape index (κ1) is 14.3. The third-order valence-electron chi connectivity index (χ3n) is 4.30. The van der Waals surface area contributed by atoms with Gasteiger partial charge in [-0.15, -0.1) is 0 Å². The molecule has 1 aromatic heterocycles. The van der Waals surface area contributed by atoms with E-state index in [2.05, 4.69) is 4.98 Å². The number of carbonyl (C=O) groups is 1. The van der Waals surface area contributed by atoms with Crippen LogP contribution in [0.4, 0.5) is 10.2 Å². The van der Waals surface area contributed by atoms with Gasteiger partial charge in [-0.1, -0.05) is 0 Å². The van der Waals surface area contributed by atoms with Crippen molar-refractivity contribution < 1.29 is 14.3 Å². The zero-order chi connectivity index (χ0) is 14.9. The number of hydrogen-bond acceptors (Lipinski definition) is 4. The molecule has 1 atom stereocenters. The van der Waals surface area contributed by atoms with Crippen LogP contribution in [-0.4, -0.2) is 52.7 Å². The second-order valence-electron chi connectivity index (χ2n) is 5.86. The average molecular weight is 293 g/mol. The van der Waals surface area contributed by atoms with Crippen LogP contribution in [0.2, 0.25) is 0 Å². The van der Waals surface area contributed by atoms with Crippen LogP contribution < -0.4 is 4.90 Å². The molecule has 0 radical (unpaired) electrons. The Morgan fingerprint density at radius 2 is 2.05 bits per heavy atom. The maximum atomic E-state index is 13.8. The summed E-state index contributed by atoms with van der Waals surface area (Å²) in [5.74, 6) is -0.429. The van der Waals surface area contributed by atoms with Crippen molar-refractivity contribution in [3.05, 3.63) is 24.1 Å². The molecular weight excluding hydrogens is 273 g/mol. The van der Waals surface area contributed by atoms with E-state index in [0.717, 1.165) is 12.8 Å². The fourth-order valence-corrected chi connectivity index (χ4v) is 3.22. The van der Waals surface area contributed by atoms with Gasteiger partial charge >= 0.3 is 0 Å². The smallest absolute Gasteiger partial charge is 0.256 e. The molecule has 1 aromatic rings. The van der Waals surface area contributed by atoms with Crippen LogP contribution >= 0.6 is 0 Å². The van der Waals surface area contributed by atoms with Gasteiger partial charge in [0.2, 0.25) is 0 Å². The second-order valence-corrected chi connectivity index (χ2v) is 5.86. The lowest BCUT2D eigenvalue weighted by Crippen LogP contribution is -2.58. The van der Waals surface area contributed by atoms with Crippen molar-refractivity contribution in [3.8, 4) is 0 Å². The zero-order valence-electron chi connectivity index (χ0n) is 12.0. The van der Waals surface area contributed by atoms with E-state index in [9.17, 15) is 14.3 Å². The molecule has 5 nitrogen and oxygen atoms in total. The fourth-order valence-electron chi connectivity index (χ4n) is 3.22. The first-order valence-electron chi connectivity index (χ1n) is 7.47. The highest BCUT2D eigenvalue weighted by Gasteiger charge is 2.43. The average Bonchev–Trinajstić information content (AvgIpc) is 3.01. The Kier molecular flexibility index (Phi) is 3.80. The van der Waals surface area contributed by atoms with Crippen LogP contribution in [0.3, 0.4) is 0 Å². The van der Waals surface area contributed by atoms with E-state index >= 15 is 0 Å². The lowest BCUT2D eigenvalue weighted by atomic mass is 9.91. The number of carbonyl (C=O) groups excluding carboxylic acids is 1. The summed E-state index contributed by atoms with van der Waals surface area (Å²) in [4.78, 5) is 20.0. The Morgan fingerprint density at radius 1 is 1.29 bits per heavy atom. The summed E-state index contributed by atoms with van der Waals surface area (Å²) in [7, 11) is 0. The van der Waals surface area contributed by atoms with E-state index in [1.165, 1.54) is 18.3 Å². The predicted octanol–water partition coefficient (Wildman–Crippen LogP) is 1.17. The van der Waals surface area contributed by atoms with Gasteiger partial charge in [-0.05, 0) is 37.8 Å². The van der Waals surface area contributed by atoms with Crippen molar-refractivity contribution in [3.63, 3.8) is 0 Å². The summed E-state index contributed by atoms with van der Waals surface area (Å²) >= 11 is 0. The molecule has 0 spiro atoms. The largest absolute Gasteiger partial charge is 0.378 e. The first-order valence-corrected chi connectivity index (χ1v) is 7.47. The van der Waals surface area contributed by atoms with Gasteiger partial charge in [0.05, 0.1) is 6.54 Å². The first-order chi connectivity index (χ1) is 10.1. The molecule has 0 aliphatic carbocycles. The molecule has 1 N–H and O–H groups in total. The van der Waals surface area contributed by atoms with Gasteiger partial charge in [-0.3, -0.25) is 4.79 Å². The SMILES string of the molecule is O=C(N1CCCC1)[C@]1(O)CCCN(c2ncccc2F)C1. The van der Waals surface area contributed by atoms with Crippen LogP contribution in [0.15, 0.2) is 18.3 Å². The summed E-state index contributed by atoms with van der Waals surface area (Å²) in [6.45, 7) is 2.12. The van der Waals surface area contributed by atoms with Gasteiger partial charge in [0.15, 0.2) is 17.2 Å². The van der Waals surface area contributed by atoms with Crippen molar-refractivity contribution >= 4 is 11.7 Å². The Balaban J connectivity index is 1.78. The predicted molar refractivity (Wildman–Crippen MR) is 76.4 cm³/mol. The summed E-state index contributed by atoms with van der Waals surface area (Å²) in [6, 6.07) is 2.88. The zero-order valence-corrected chi connectivity index (χ0v) is 12.0. The van der Waals surface area contributed by atoms with Crippen molar-refractivity contribution in [2.45, 2.75) is 31.3 Å². The lowest BCUT2D eigenvalue weighted by Gasteiger charge is -2.40. The van der Waals surface area contributed by atoms with Gasteiger partial charge < -0.3 is 14.9 Å². The van der Waals surface area contributed by atoms with E-state index in [1.54, 1.807) is 9.80 Å². The lowest BCUT2D eigenvalue weighted by molar-refractivity contribution is -0.151. The van der Waals surface area contributed by atoms with Crippen molar-refractivity contribution in [2.75, 3.05) is 31.1 Å². The number of halogens is 1. The Bertz CT molecular complexity index is 533. The number of amides is 1. The third-order valence-corrected chi connectivity index (χ3v) is 4.30. The van der Waals surface area contributed by atoms with Crippen molar-refractivity contribution in [1.29, 1.82) is 0 Å². The number of piperidine rings is 1. The van der Waals surface area contributed by atoms with Gasteiger partial charge in [0.1, 0.15) is 0 Å². The number of aromatic nitrogens is 1. The molecule has 3 rings (SSSR count). The number of hydrogen-bond donors (Lipinski definition) is 1. The molecule has 3 heterocycles. The molecule has 0 unspecified atom stereocenters. The van der Waals surface area contributed by atoms with Gasteiger partial charge in [0, 0.05) is 25.8 Å². The molecule has 0 bridgehead atoms. The van der Waals surface area contributed by atoms with Crippen LogP contribution in [0, 0.1) is 5.82 Å². The summed E-state index contributed by atoms with van der Waals surface area (Å²) in [5, 5.41) is 10.7. The maximum Gasteiger partial charge on any atom is 0.256 e. The normalized spacial score (nSPS) is 26.2. The molecule has 2 aliphatic heterocycles. The third kappa shape index (κ3) is 2.72. The van der Waals surface area contributed by atoms with E-state index in [1.807, 2.05) is 0 Å². The minimum absolute atomic E-state index is 0.107. The van der Waals surface area contributed by atoms with Gasteiger partial charge in [-0.25, -0.2) is 9.37 Å². The summed E-state index contributed by atoms with van der Waals surface area (Å²) in [5.41, 5.74) is -1.42. The minimum Gasteiger partial charge on any atom is -0.378 e. The summed E-state index contributed by atoms with van der Waals surface area (Å²) in [6.07, 6.45) is 4.56. The van der Waals surface area contributed by atoms with Crippen molar-refractivity contribution in [2.24, 2.45) is 0 Å². The Hall–Kier alpha value is -1.69. The molecule has 2 aliphatic rings. The highest BCUT2D eigenvalue weighted by molar-refractivity contribution is 5.86. The van der Waals surface area contributed by atoms with Crippen LogP contribution in [0.5, 0.6) is 0 Å². The van der Waals surface area contributed by atoms with E-state index in [4.69, 9.17) is 0 Å². The van der Waals surface area contributed by atoms with Crippen LogP contribution in [0.1, 0.15) is 25.7 Å². The van der Waals surface area contributed by atoms with E-state index in [0.29, 0.717) is 32.5 Å². The monoisotopic (exact) mass is 293 g/mol. The number of likely N-dealkylation sites (tertiary alicyclic amines) is 1. The number of aliphatic hydroxyl groups is 1. The van der Waals surface area contributed by atoms with Gasteiger partial charge in [0.25, 0.3) is 5.91 Å². The number of pyridine rings is 1. The topological polar surface area (TPSA) is 56.7 Å². The van der Waals surface area contributed by atoms with E-state index in [-0.39, 0.29) is 18.3 Å². The molecule has 2 fully saturated rings. The van der Waals surface area contributed by atoms with Crippen LogP contribution in [-0.2, 0) is 4.79 Å². The highest BCUT2D eigenvalue weighted by Crippen LogP contribution is 2.28. The van der Waals surface area contributed by atoms with Crippen molar-refractivity contribution in [1.82, 2.24) is 9.88 Å². The number of nitrogens with zero attached hydrogens (tertiary/aromatic N) is 3. The molecule has 114 valence electrons. The Labute approximate surface area is 123 Å². The molecule has 0 saturated carbocycles. The fraction of sp³-hybridized carbons (Fsp3) is 0.600. The number of rotatable bonds is 2. The molecule has 2 saturated heterocycles. The quantitative estimate of drug-likeness (QED) is 0.889. The molecule has 6 heteroatoms. The van der Waals surface area contributed by atoms with Gasteiger partial charge in [-0.2, -0.15) is 0 Å². The van der Waals surface area contributed by atoms with Crippen LogP contribution in [0.25, 0.3) is 0 Å². The minimum atomic E-state index is -1.42. The number of β-amino-alcohol motifs (C(OH)–C–C–N with tert-alkyl or cyclic N) is 1. The molecule has 1 amide bonds. The Morgan fingerprint density at radius 3 is 2.76 bits per heavy atom. The summed E-state index contributed by atoms with van der Waals surface area (Å²) < 4.78 is 13.8. The molecular formula is C15H20FN3O2. The highest BCUT2D eigenvalue weighted by atomic mass is 19.1. The second kappa shape index (κ2) is 5.60. The van der Waals surface area contributed by atoms with E-state index < -0.39 is 11.4 Å². The number of anilines is 1.